The lowest BCUT2D eigenvalue weighted by molar-refractivity contribution is 0.306. The molecule has 1 aliphatic heterocycles. The highest BCUT2D eigenvalue weighted by atomic mass is 16.5. The molecule has 0 spiro atoms. The third kappa shape index (κ3) is 1.62. The predicted molar refractivity (Wildman–Crippen MR) is 61.9 cm³/mol. The Balaban J connectivity index is 1.93. The quantitative estimate of drug-likeness (QED) is 0.760. The van der Waals surface area contributed by atoms with Gasteiger partial charge in [-0.2, -0.15) is 0 Å². The Morgan fingerprint density at radius 2 is 2.31 bits per heavy atom. The molecule has 0 radical (unpaired) electrons. The van der Waals surface area contributed by atoms with Crippen molar-refractivity contribution >= 4 is 5.82 Å². The third-order valence-corrected chi connectivity index (χ3v) is 3.54. The van der Waals surface area contributed by atoms with E-state index < -0.39 is 0 Å². The van der Waals surface area contributed by atoms with Gasteiger partial charge >= 0.3 is 0 Å². The molecular formula is C12H17N3O. The minimum atomic E-state index is 0.487. The molecular weight excluding hydrogens is 202 g/mol. The van der Waals surface area contributed by atoms with Gasteiger partial charge in [0.25, 0.3) is 0 Å². The van der Waals surface area contributed by atoms with E-state index in [1.165, 1.54) is 12.8 Å². The van der Waals surface area contributed by atoms with Crippen molar-refractivity contribution in [2.24, 2.45) is 5.92 Å². The van der Waals surface area contributed by atoms with Crippen molar-refractivity contribution < 1.29 is 4.74 Å². The topological polar surface area (TPSA) is 38.2 Å². The van der Waals surface area contributed by atoms with Crippen LogP contribution in [-0.2, 0) is 0 Å². The van der Waals surface area contributed by atoms with Crippen LogP contribution in [-0.4, -0.2) is 30.2 Å². The fourth-order valence-electron chi connectivity index (χ4n) is 2.18. The molecule has 1 aromatic heterocycles. The van der Waals surface area contributed by atoms with Crippen LogP contribution in [0.15, 0.2) is 6.20 Å². The van der Waals surface area contributed by atoms with E-state index in [1.807, 2.05) is 6.20 Å². The number of rotatable bonds is 2. The third-order valence-electron chi connectivity index (χ3n) is 3.54. The molecule has 1 saturated carbocycles. The Kier molecular flexibility index (Phi) is 2.23. The van der Waals surface area contributed by atoms with Gasteiger partial charge in [-0.25, -0.2) is 9.97 Å². The molecule has 1 aromatic rings. The Bertz CT molecular complexity index is 403. The van der Waals surface area contributed by atoms with Gasteiger partial charge in [0.1, 0.15) is 12.4 Å². The lowest BCUT2D eigenvalue weighted by atomic mass is 10.1. The van der Waals surface area contributed by atoms with Crippen molar-refractivity contribution in [3.8, 4) is 5.75 Å². The average Bonchev–Trinajstić information content (AvgIpc) is 3.12. The molecule has 0 N–H and O–H groups in total. The zero-order chi connectivity index (χ0) is 11.1. The summed E-state index contributed by atoms with van der Waals surface area (Å²) in [7, 11) is 2.06. The Hall–Kier alpha value is -1.32. The number of aromatic nitrogens is 2. The van der Waals surface area contributed by atoms with Crippen LogP contribution in [0.4, 0.5) is 5.82 Å². The maximum Gasteiger partial charge on any atom is 0.180 e. The first-order valence-electron chi connectivity index (χ1n) is 5.96. The normalized spacial score (nSPS) is 21.2. The SMILES string of the molecule is CC(c1ncc2c(n1)N(C)CCO2)C1CC1. The summed E-state index contributed by atoms with van der Waals surface area (Å²) < 4.78 is 5.54. The second-order valence-corrected chi connectivity index (χ2v) is 4.81. The van der Waals surface area contributed by atoms with E-state index in [0.29, 0.717) is 5.92 Å². The molecule has 3 rings (SSSR count). The van der Waals surface area contributed by atoms with Crippen LogP contribution in [0.2, 0.25) is 0 Å². The highest BCUT2D eigenvalue weighted by Gasteiger charge is 2.31. The number of nitrogens with zero attached hydrogens (tertiary/aromatic N) is 3. The molecule has 0 amide bonds. The maximum atomic E-state index is 5.54. The van der Waals surface area contributed by atoms with Gasteiger partial charge in [-0.3, -0.25) is 0 Å². The fourth-order valence-corrected chi connectivity index (χ4v) is 2.18. The Morgan fingerprint density at radius 3 is 3.06 bits per heavy atom. The molecule has 16 heavy (non-hydrogen) atoms. The van der Waals surface area contributed by atoms with Crippen molar-refractivity contribution in [2.75, 3.05) is 25.1 Å². The summed E-state index contributed by atoms with van der Waals surface area (Å²) in [6.07, 6.45) is 4.48. The van der Waals surface area contributed by atoms with E-state index in [1.54, 1.807) is 0 Å². The monoisotopic (exact) mass is 219 g/mol. The molecule has 2 aliphatic rings. The summed E-state index contributed by atoms with van der Waals surface area (Å²) in [6, 6.07) is 0. The van der Waals surface area contributed by atoms with Crippen molar-refractivity contribution in [1.29, 1.82) is 0 Å². The molecule has 4 nitrogen and oxygen atoms in total. The van der Waals surface area contributed by atoms with Gasteiger partial charge in [-0.1, -0.05) is 6.92 Å². The number of anilines is 1. The Morgan fingerprint density at radius 1 is 1.50 bits per heavy atom. The van der Waals surface area contributed by atoms with Crippen LogP contribution in [0.25, 0.3) is 0 Å². The van der Waals surface area contributed by atoms with Crippen LogP contribution in [0.5, 0.6) is 5.75 Å². The maximum absolute atomic E-state index is 5.54. The van der Waals surface area contributed by atoms with E-state index in [4.69, 9.17) is 4.74 Å². The highest BCUT2D eigenvalue weighted by Crippen LogP contribution is 2.42. The molecule has 2 heterocycles. The van der Waals surface area contributed by atoms with Crippen molar-refractivity contribution in [2.45, 2.75) is 25.7 Å². The molecule has 4 heteroatoms. The van der Waals surface area contributed by atoms with Gasteiger partial charge in [-0.05, 0) is 18.8 Å². The second-order valence-electron chi connectivity index (χ2n) is 4.81. The van der Waals surface area contributed by atoms with E-state index in [0.717, 1.165) is 36.5 Å². The van der Waals surface area contributed by atoms with Gasteiger partial charge < -0.3 is 9.64 Å². The first-order valence-corrected chi connectivity index (χ1v) is 5.96. The number of likely N-dealkylation sites (N-methyl/N-ethyl adjacent to an activating group) is 1. The van der Waals surface area contributed by atoms with Gasteiger partial charge in [-0.15, -0.1) is 0 Å². The van der Waals surface area contributed by atoms with Gasteiger partial charge in [0.15, 0.2) is 11.6 Å². The highest BCUT2D eigenvalue weighted by molar-refractivity contribution is 5.52. The molecule has 1 aliphatic carbocycles. The van der Waals surface area contributed by atoms with E-state index >= 15 is 0 Å². The van der Waals surface area contributed by atoms with Gasteiger partial charge in [0.2, 0.25) is 0 Å². The van der Waals surface area contributed by atoms with Crippen LogP contribution < -0.4 is 9.64 Å². The van der Waals surface area contributed by atoms with Crippen molar-refractivity contribution in [1.82, 2.24) is 9.97 Å². The zero-order valence-corrected chi connectivity index (χ0v) is 9.81. The molecule has 1 atom stereocenters. The first-order chi connectivity index (χ1) is 7.75. The number of ether oxygens (including phenoxy) is 1. The molecule has 1 fully saturated rings. The lowest BCUT2D eigenvalue weighted by Gasteiger charge is -2.26. The van der Waals surface area contributed by atoms with Crippen molar-refractivity contribution in [3.05, 3.63) is 12.0 Å². The second kappa shape index (κ2) is 3.61. The first kappa shape index (κ1) is 9.87. The van der Waals surface area contributed by atoms with Gasteiger partial charge in [0.05, 0.1) is 12.7 Å². The largest absolute Gasteiger partial charge is 0.486 e. The molecule has 0 bridgehead atoms. The Labute approximate surface area is 95.7 Å². The zero-order valence-electron chi connectivity index (χ0n) is 9.81. The summed E-state index contributed by atoms with van der Waals surface area (Å²) in [5.74, 6) is 4.02. The summed E-state index contributed by atoms with van der Waals surface area (Å²) in [4.78, 5) is 11.2. The standard InChI is InChI=1S/C12H17N3O/c1-8(9-3-4-9)11-13-7-10-12(14-11)15(2)5-6-16-10/h7-9H,3-6H2,1-2H3. The minimum Gasteiger partial charge on any atom is -0.486 e. The van der Waals surface area contributed by atoms with E-state index in [2.05, 4.69) is 28.8 Å². The molecule has 86 valence electrons. The predicted octanol–water partition coefficient (Wildman–Crippen LogP) is 1.82. The molecule has 0 saturated heterocycles. The number of hydrogen-bond donors (Lipinski definition) is 0. The van der Waals surface area contributed by atoms with Crippen LogP contribution >= 0.6 is 0 Å². The smallest absolute Gasteiger partial charge is 0.180 e. The van der Waals surface area contributed by atoms with Gasteiger partial charge in [0, 0.05) is 13.0 Å². The van der Waals surface area contributed by atoms with Crippen LogP contribution in [0.1, 0.15) is 31.5 Å². The molecule has 0 aromatic carbocycles. The van der Waals surface area contributed by atoms with Crippen LogP contribution in [0.3, 0.4) is 0 Å². The summed E-state index contributed by atoms with van der Waals surface area (Å²) in [5, 5.41) is 0. The summed E-state index contributed by atoms with van der Waals surface area (Å²) in [5.41, 5.74) is 0. The summed E-state index contributed by atoms with van der Waals surface area (Å²) >= 11 is 0. The fraction of sp³-hybridized carbons (Fsp3) is 0.667. The summed E-state index contributed by atoms with van der Waals surface area (Å²) in [6.45, 7) is 3.86. The van der Waals surface area contributed by atoms with E-state index in [-0.39, 0.29) is 0 Å². The number of hydrogen-bond acceptors (Lipinski definition) is 4. The average molecular weight is 219 g/mol. The molecule has 1 unspecified atom stereocenters. The lowest BCUT2D eigenvalue weighted by Crippen LogP contribution is -2.30. The van der Waals surface area contributed by atoms with E-state index in [9.17, 15) is 0 Å². The van der Waals surface area contributed by atoms with Crippen LogP contribution in [0, 0.1) is 5.92 Å². The van der Waals surface area contributed by atoms with Crippen molar-refractivity contribution in [3.63, 3.8) is 0 Å². The minimum absolute atomic E-state index is 0.487. The number of fused-ring (bicyclic) bond motifs is 1.